The Bertz CT molecular complexity index is 142. The molecule has 0 bridgehead atoms. The van der Waals surface area contributed by atoms with Crippen LogP contribution >= 0.6 is 0 Å². The number of ketones is 1. The van der Waals surface area contributed by atoms with E-state index in [-0.39, 0.29) is 11.7 Å². The van der Waals surface area contributed by atoms with Gasteiger partial charge in [-0.15, -0.1) is 0 Å². The first-order chi connectivity index (χ1) is 5.13. The van der Waals surface area contributed by atoms with Crippen LogP contribution in [0, 0.1) is 11.8 Å². The molecule has 0 N–H and O–H groups in total. The zero-order valence-electron chi connectivity index (χ0n) is 7.16. The standard InChI is InChI=1S/C8H14O3/c1-6(4-9)8(10)7(2)5-11-3/h4,6-7H,5H2,1-3H3/t6?,7-/m1/s1. The Kier molecular flexibility index (Phi) is 4.70. The van der Waals surface area contributed by atoms with Crippen LogP contribution in [0.25, 0.3) is 0 Å². The summed E-state index contributed by atoms with van der Waals surface area (Å²) in [5.74, 6) is -0.734. The number of Topliss-reactive ketones (excluding diaryl/α,β-unsaturated/α-hetero) is 1. The smallest absolute Gasteiger partial charge is 0.147 e. The van der Waals surface area contributed by atoms with E-state index in [1.807, 2.05) is 0 Å². The second-order valence-electron chi connectivity index (χ2n) is 2.68. The lowest BCUT2D eigenvalue weighted by molar-refractivity contribution is -0.130. The number of hydrogen-bond acceptors (Lipinski definition) is 3. The Morgan fingerprint density at radius 3 is 2.45 bits per heavy atom. The van der Waals surface area contributed by atoms with Gasteiger partial charge >= 0.3 is 0 Å². The van der Waals surface area contributed by atoms with Gasteiger partial charge in [-0.25, -0.2) is 0 Å². The maximum Gasteiger partial charge on any atom is 0.147 e. The van der Waals surface area contributed by atoms with Gasteiger partial charge in [0.25, 0.3) is 0 Å². The molecule has 64 valence electrons. The van der Waals surface area contributed by atoms with E-state index in [2.05, 4.69) is 0 Å². The lowest BCUT2D eigenvalue weighted by Gasteiger charge is -2.09. The first-order valence-corrected chi connectivity index (χ1v) is 3.61. The number of aldehydes is 1. The van der Waals surface area contributed by atoms with E-state index in [1.165, 1.54) is 7.11 Å². The summed E-state index contributed by atoms with van der Waals surface area (Å²) in [6.45, 7) is 3.74. The summed E-state index contributed by atoms with van der Waals surface area (Å²) >= 11 is 0. The molecule has 0 saturated carbocycles. The number of hydrogen-bond donors (Lipinski definition) is 0. The van der Waals surface area contributed by atoms with Gasteiger partial charge in [-0.1, -0.05) is 6.92 Å². The molecule has 0 rings (SSSR count). The molecule has 1 unspecified atom stereocenters. The molecule has 0 saturated heterocycles. The van der Waals surface area contributed by atoms with Crippen LogP contribution in [0.15, 0.2) is 0 Å². The molecule has 3 heteroatoms. The van der Waals surface area contributed by atoms with Gasteiger partial charge in [0.1, 0.15) is 12.1 Å². The van der Waals surface area contributed by atoms with Gasteiger partial charge in [-0.2, -0.15) is 0 Å². The summed E-state index contributed by atoms with van der Waals surface area (Å²) in [7, 11) is 1.54. The van der Waals surface area contributed by atoms with Crippen LogP contribution in [0.1, 0.15) is 13.8 Å². The van der Waals surface area contributed by atoms with Crippen LogP contribution in [0.5, 0.6) is 0 Å². The maximum absolute atomic E-state index is 11.2. The van der Waals surface area contributed by atoms with Gasteiger partial charge < -0.3 is 9.53 Å². The first kappa shape index (κ1) is 10.3. The number of carbonyl (C=O) groups is 2. The predicted octanol–water partition coefficient (Wildman–Crippen LogP) is 0.673. The predicted molar refractivity (Wildman–Crippen MR) is 41.3 cm³/mol. The molecule has 0 fully saturated rings. The van der Waals surface area contributed by atoms with Crippen molar-refractivity contribution in [3.63, 3.8) is 0 Å². The molecular formula is C8H14O3. The van der Waals surface area contributed by atoms with E-state index >= 15 is 0 Å². The average molecular weight is 158 g/mol. The van der Waals surface area contributed by atoms with Crippen molar-refractivity contribution >= 4 is 12.1 Å². The first-order valence-electron chi connectivity index (χ1n) is 3.61. The number of ether oxygens (including phenoxy) is 1. The lowest BCUT2D eigenvalue weighted by atomic mass is 9.97. The van der Waals surface area contributed by atoms with Gasteiger partial charge in [0.2, 0.25) is 0 Å². The molecule has 3 nitrogen and oxygen atoms in total. The number of carbonyl (C=O) groups excluding carboxylic acids is 2. The minimum atomic E-state index is -0.500. The Labute approximate surface area is 66.7 Å². The van der Waals surface area contributed by atoms with E-state index in [4.69, 9.17) is 4.74 Å². The third-order valence-corrected chi connectivity index (χ3v) is 1.56. The van der Waals surface area contributed by atoms with E-state index in [0.717, 1.165) is 0 Å². The van der Waals surface area contributed by atoms with Crippen LogP contribution in [-0.4, -0.2) is 25.8 Å². The Morgan fingerprint density at radius 2 is 2.09 bits per heavy atom. The van der Waals surface area contributed by atoms with Crippen molar-refractivity contribution in [1.29, 1.82) is 0 Å². The van der Waals surface area contributed by atoms with Crippen LogP contribution in [0.2, 0.25) is 0 Å². The average Bonchev–Trinajstić information content (AvgIpc) is 2.02. The van der Waals surface area contributed by atoms with Crippen molar-refractivity contribution in [2.24, 2.45) is 11.8 Å². The molecule has 0 aromatic rings. The normalized spacial score (nSPS) is 15.5. The highest BCUT2D eigenvalue weighted by Gasteiger charge is 2.18. The van der Waals surface area contributed by atoms with Gasteiger partial charge in [0.05, 0.1) is 12.5 Å². The number of rotatable bonds is 5. The molecule has 0 aromatic carbocycles. The largest absolute Gasteiger partial charge is 0.384 e. The third-order valence-electron chi connectivity index (χ3n) is 1.56. The summed E-state index contributed by atoms with van der Waals surface area (Å²) in [6.07, 6.45) is 0.661. The summed E-state index contributed by atoms with van der Waals surface area (Å²) < 4.78 is 4.78. The van der Waals surface area contributed by atoms with E-state index in [9.17, 15) is 9.59 Å². The molecule has 0 aliphatic heterocycles. The maximum atomic E-state index is 11.2. The molecular weight excluding hydrogens is 144 g/mol. The second kappa shape index (κ2) is 5.02. The summed E-state index contributed by atoms with van der Waals surface area (Å²) in [5, 5.41) is 0. The molecule has 0 spiro atoms. The monoisotopic (exact) mass is 158 g/mol. The summed E-state index contributed by atoms with van der Waals surface area (Å²) in [6, 6.07) is 0. The summed E-state index contributed by atoms with van der Waals surface area (Å²) in [4.78, 5) is 21.3. The summed E-state index contributed by atoms with van der Waals surface area (Å²) in [5.41, 5.74) is 0. The Morgan fingerprint density at radius 1 is 1.55 bits per heavy atom. The fourth-order valence-electron chi connectivity index (χ4n) is 0.848. The highest BCUT2D eigenvalue weighted by atomic mass is 16.5. The van der Waals surface area contributed by atoms with Crippen molar-refractivity contribution in [1.82, 2.24) is 0 Å². The SMILES string of the molecule is COC[C@@H](C)C(=O)C(C)C=O. The van der Waals surface area contributed by atoms with Crippen molar-refractivity contribution in [3.8, 4) is 0 Å². The van der Waals surface area contributed by atoms with Gasteiger partial charge in [-0.3, -0.25) is 4.79 Å². The lowest BCUT2D eigenvalue weighted by Crippen LogP contribution is -2.23. The molecule has 0 aromatic heterocycles. The van der Waals surface area contributed by atoms with Gasteiger partial charge in [0, 0.05) is 13.0 Å². The molecule has 0 aliphatic rings. The molecule has 2 atom stereocenters. The second-order valence-corrected chi connectivity index (χ2v) is 2.68. The highest BCUT2D eigenvalue weighted by molar-refractivity contribution is 5.94. The van der Waals surface area contributed by atoms with Crippen molar-refractivity contribution in [3.05, 3.63) is 0 Å². The molecule has 0 amide bonds. The number of methoxy groups -OCH3 is 1. The highest BCUT2D eigenvalue weighted by Crippen LogP contribution is 2.04. The van der Waals surface area contributed by atoms with E-state index in [0.29, 0.717) is 12.9 Å². The van der Waals surface area contributed by atoms with E-state index in [1.54, 1.807) is 13.8 Å². The third kappa shape index (κ3) is 3.28. The minimum absolute atomic E-state index is 0.0538. The van der Waals surface area contributed by atoms with Crippen LogP contribution in [0.4, 0.5) is 0 Å². The zero-order valence-corrected chi connectivity index (χ0v) is 7.16. The Hall–Kier alpha value is -0.700. The van der Waals surface area contributed by atoms with Crippen molar-refractivity contribution in [2.45, 2.75) is 13.8 Å². The molecule has 0 radical (unpaired) electrons. The van der Waals surface area contributed by atoms with Crippen LogP contribution < -0.4 is 0 Å². The van der Waals surface area contributed by atoms with Gasteiger partial charge in [-0.05, 0) is 6.92 Å². The van der Waals surface area contributed by atoms with Crippen LogP contribution in [0.3, 0.4) is 0 Å². The fourth-order valence-corrected chi connectivity index (χ4v) is 0.848. The molecule has 11 heavy (non-hydrogen) atoms. The minimum Gasteiger partial charge on any atom is -0.384 e. The topological polar surface area (TPSA) is 43.4 Å². The molecule has 0 heterocycles. The van der Waals surface area contributed by atoms with Crippen LogP contribution in [-0.2, 0) is 14.3 Å². The van der Waals surface area contributed by atoms with Gasteiger partial charge in [0.15, 0.2) is 0 Å². The quantitative estimate of drug-likeness (QED) is 0.436. The van der Waals surface area contributed by atoms with Crippen molar-refractivity contribution < 1.29 is 14.3 Å². The Balaban J connectivity index is 3.90. The molecule has 0 aliphatic carbocycles. The van der Waals surface area contributed by atoms with Crippen molar-refractivity contribution in [2.75, 3.05) is 13.7 Å². The fraction of sp³-hybridized carbons (Fsp3) is 0.750. The van der Waals surface area contributed by atoms with E-state index < -0.39 is 5.92 Å². The zero-order chi connectivity index (χ0) is 8.85.